The van der Waals surface area contributed by atoms with E-state index in [9.17, 15) is 0 Å². The second-order valence-electron chi connectivity index (χ2n) is 19.6. The van der Waals surface area contributed by atoms with Crippen molar-refractivity contribution >= 4 is 27.8 Å². The van der Waals surface area contributed by atoms with Crippen molar-refractivity contribution in [2.45, 2.75) is 31.6 Å². The number of fused-ring (bicyclic) bond motifs is 4. The van der Waals surface area contributed by atoms with Gasteiger partial charge in [0, 0.05) is 16.8 Å². The second kappa shape index (κ2) is 17.5. The van der Waals surface area contributed by atoms with Crippen LogP contribution in [0.3, 0.4) is 0 Å². The summed E-state index contributed by atoms with van der Waals surface area (Å²) in [5.41, 5.74) is 21.4. The molecule has 1 aliphatic rings. The van der Waals surface area contributed by atoms with E-state index in [1.54, 1.807) is 0 Å². The molecule has 0 atom stereocenters. The fourth-order valence-corrected chi connectivity index (χ4v) is 11.3. The highest BCUT2D eigenvalue weighted by molar-refractivity contribution is 6.09. The SMILES string of the molecule is CC(C)(C)c1ccc(-c2ccccc2N(c2ccc(-c3cccc4c3-c3ccccc3C4(c3ccccc3)c3ccccc3)cc2)c2ccccc2-c2cccc3cccc(-c4ccccc4)c23)cc1. The van der Waals surface area contributed by atoms with E-state index in [-0.39, 0.29) is 5.41 Å². The Hall–Kier alpha value is -8.52. The lowest BCUT2D eigenvalue weighted by Gasteiger charge is -2.34. The van der Waals surface area contributed by atoms with E-state index in [0.717, 1.165) is 22.6 Å². The molecular formula is C69H53N. The van der Waals surface area contributed by atoms with Gasteiger partial charge in [0.1, 0.15) is 0 Å². The van der Waals surface area contributed by atoms with Crippen molar-refractivity contribution in [1.82, 2.24) is 0 Å². The first-order valence-corrected chi connectivity index (χ1v) is 24.5. The van der Waals surface area contributed by atoms with Crippen LogP contribution < -0.4 is 4.90 Å². The summed E-state index contributed by atoms with van der Waals surface area (Å²) in [5.74, 6) is 0. The molecule has 0 fully saturated rings. The monoisotopic (exact) mass is 895 g/mol. The van der Waals surface area contributed by atoms with Gasteiger partial charge in [0.15, 0.2) is 0 Å². The summed E-state index contributed by atoms with van der Waals surface area (Å²) in [6.45, 7) is 6.83. The summed E-state index contributed by atoms with van der Waals surface area (Å²) in [4.78, 5) is 2.48. The summed E-state index contributed by atoms with van der Waals surface area (Å²) in [6, 6.07) is 98.6. The normalized spacial score (nSPS) is 12.6. The van der Waals surface area contributed by atoms with E-state index < -0.39 is 5.41 Å². The topological polar surface area (TPSA) is 3.24 Å². The molecule has 1 heteroatoms. The minimum Gasteiger partial charge on any atom is -0.309 e. The van der Waals surface area contributed by atoms with Gasteiger partial charge in [0.25, 0.3) is 0 Å². The Bertz CT molecular complexity index is 3610. The molecule has 0 N–H and O–H groups in total. The van der Waals surface area contributed by atoms with Crippen LogP contribution in [-0.4, -0.2) is 0 Å². The Morgan fingerprint density at radius 3 is 1.40 bits per heavy atom. The lowest BCUT2D eigenvalue weighted by Crippen LogP contribution is -2.28. The van der Waals surface area contributed by atoms with Crippen molar-refractivity contribution in [3.05, 3.63) is 295 Å². The van der Waals surface area contributed by atoms with Crippen LogP contribution >= 0.6 is 0 Å². The van der Waals surface area contributed by atoms with Gasteiger partial charge < -0.3 is 4.90 Å². The highest BCUT2D eigenvalue weighted by atomic mass is 15.1. The second-order valence-corrected chi connectivity index (χ2v) is 19.6. The molecule has 0 bridgehead atoms. The smallest absolute Gasteiger partial charge is 0.0713 e. The first-order valence-electron chi connectivity index (χ1n) is 24.5. The lowest BCUT2D eigenvalue weighted by molar-refractivity contribution is 0.590. The van der Waals surface area contributed by atoms with Crippen molar-refractivity contribution in [3.63, 3.8) is 0 Å². The molecule has 1 aliphatic carbocycles. The van der Waals surface area contributed by atoms with E-state index in [1.165, 1.54) is 88.7 Å². The maximum Gasteiger partial charge on any atom is 0.0713 e. The van der Waals surface area contributed by atoms with Gasteiger partial charge in [0.2, 0.25) is 0 Å². The van der Waals surface area contributed by atoms with E-state index >= 15 is 0 Å². The van der Waals surface area contributed by atoms with Crippen molar-refractivity contribution < 1.29 is 0 Å². The van der Waals surface area contributed by atoms with Crippen molar-refractivity contribution in [3.8, 4) is 55.6 Å². The number of nitrogens with zero attached hydrogens (tertiary/aromatic N) is 1. The molecule has 11 aromatic rings. The Morgan fingerprint density at radius 2 is 0.757 bits per heavy atom. The molecule has 12 rings (SSSR count). The van der Waals surface area contributed by atoms with Crippen LogP contribution in [0.4, 0.5) is 17.1 Å². The molecule has 0 aromatic heterocycles. The minimum absolute atomic E-state index is 0.0490. The molecule has 0 heterocycles. The summed E-state index contributed by atoms with van der Waals surface area (Å²) >= 11 is 0. The third-order valence-corrected chi connectivity index (χ3v) is 14.6. The summed E-state index contributed by atoms with van der Waals surface area (Å²) in [6.07, 6.45) is 0. The molecule has 70 heavy (non-hydrogen) atoms. The summed E-state index contributed by atoms with van der Waals surface area (Å²) in [5, 5.41) is 2.45. The number of hydrogen-bond donors (Lipinski definition) is 0. The molecule has 11 aromatic carbocycles. The zero-order valence-corrected chi connectivity index (χ0v) is 39.9. The van der Waals surface area contributed by atoms with Crippen molar-refractivity contribution in [2.75, 3.05) is 4.90 Å². The standard InChI is InChI=1S/C69H53N/c1-68(2,3)52-44-40-49(41-45-52)56-30-14-17-38-64(56)70(65-39-18-15-31-59(65)60-35-20-25-51-24-19-33-57(66(51)60)48-22-7-4-8-23-48)55-46-42-50(43-47-55)58-34-21-37-63-67(58)61-32-13-16-36-62(61)69(63,53-26-9-5-10-27-53)54-28-11-6-12-29-54/h4-47H,1-3H3. The van der Waals surface area contributed by atoms with E-state index in [2.05, 4.69) is 293 Å². The average Bonchev–Trinajstić information content (AvgIpc) is 3.73. The third-order valence-electron chi connectivity index (χ3n) is 14.6. The Morgan fingerprint density at radius 1 is 0.314 bits per heavy atom. The quantitative estimate of drug-likeness (QED) is 0.140. The maximum atomic E-state index is 2.48. The average molecular weight is 896 g/mol. The Balaban J connectivity index is 1.06. The predicted molar refractivity (Wildman–Crippen MR) is 296 cm³/mol. The fourth-order valence-electron chi connectivity index (χ4n) is 11.3. The molecule has 0 amide bonds. The van der Waals surface area contributed by atoms with Crippen LogP contribution in [-0.2, 0) is 10.8 Å². The molecule has 0 saturated heterocycles. The number of anilines is 3. The van der Waals surface area contributed by atoms with Crippen LogP contribution in [0, 0.1) is 0 Å². The van der Waals surface area contributed by atoms with E-state index in [4.69, 9.17) is 0 Å². The van der Waals surface area contributed by atoms with Crippen LogP contribution in [0.25, 0.3) is 66.4 Å². The molecule has 0 unspecified atom stereocenters. The zero-order chi connectivity index (χ0) is 47.2. The van der Waals surface area contributed by atoms with E-state index in [0.29, 0.717) is 0 Å². The van der Waals surface area contributed by atoms with Gasteiger partial charge in [-0.1, -0.05) is 263 Å². The number of para-hydroxylation sites is 2. The summed E-state index contributed by atoms with van der Waals surface area (Å²) in [7, 11) is 0. The molecule has 0 aliphatic heterocycles. The highest BCUT2D eigenvalue weighted by Crippen LogP contribution is 2.58. The van der Waals surface area contributed by atoms with Gasteiger partial charge in [-0.25, -0.2) is 0 Å². The summed E-state index contributed by atoms with van der Waals surface area (Å²) < 4.78 is 0. The van der Waals surface area contributed by atoms with Crippen LogP contribution in [0.1, 0.15) is 48.6 Å². The zero-order valence-electron chi connectivity index (χ0n) is 39.9. The molecule has 0 spiro atoms. The van der Waals surface area contributed by atoms with Gasteiger partial charge >= 0.3 is 0 Å². The van der Waals surface area contributed by atoms with Crippen molar-refractivity contribution in [1.29, 1.82) is 0 Å². The highest BCUT2D eigenvalue weighted by Gasteiger charge is 2.46. The Kier molecular flexibility index (Phi) is 10.7. The van der Waals surface area contributed by atoms with Gasteiger partial charge in [-0.15, -0.1) is 0 Å². The number of rotatable bonds is 9. The van der Waals surface area contributed by atoms with Crippen molar-refractivity contribution in [2.24, 2.45) is 0 Å². The van der Waals surface area contributed by atoms with E-state index in [1.807, 2.05) is 0 Å². The predicted octanol–water partition coefficient (Wildman–Crippen LogP) is 18.6. The molecule has 1 nitrogen and oxygen atoms in total. The minimum atomic E-state index is -0.471. The molecule has 334 valence electrons. The maximum absolute atomic E-state index is 2.48. The molecule has 0 radical (unpaired) electrons. The van der Waals surface area contributed by atoms with Crippen LogP contribution in [0.5, 0.6) is 0 Å². The number of benzene rings is 11. The first-order chi connectivity index (χ1) is 34.4. The number of hydrogen-bond acceptors (Lipinski definition) is 1. The largest absolute Gasteiger partial charge is 0.309 e. The van der Waals surface area contributed by atoms with Crippen LogP contribution in [0.2, 0.25) is 0 Å². The van der Waals surface area contributed by atoms with Crippen LogP contribution in [0.15, 0.2) is 267 Å². The van der Waals surface area contributed by atoms with Gasteiger partial charge in [-0.05, 0) is 113 Å². The van der Waals surface area contributed by atoms with Gasteiger partial charge in [0.05, 0.1) is 16.8 Å². The first kappa shape index (κ1) is 42.8. The van der Waals surface area contributed by atoms with Gasteiger partial charge in [-0.3, -0.25) is 0 Å². The van der Waals surface area contributed by atoms with Gasteiger partial charge in [-0.2, -0.15) is 0 Å². The Labute approximate surface area is 412 Å². The lowest BCUT2D eigenvalue weighted by atomic mass is 9.67. The third kappa shape index (κ3) is 7.17. The molecule has 0 saturated carbocycles. The fraction of sp³-hybridized carbons (Fsp3) is 0.0725. The molecular weight excluding hydrogens is 843 g/mol.